The average molecular weight is 330 g/mol. The molecule has 1 heterocycles. The van der Waals surface area contributed by atoms with E-state index >= 15 is 0 Å². The summed E-state index contributed by atoms with van der Waals surface area (Å²) in [5.41, 5.74) is 2.55. The zero-order chi connectivity index (χ0) is 17.1. The van der Waals surface area contributed by atoms with E-state index in [0.29, 0.717) is 6.54 Å². The number of carbonyl (C=O) groups is 1. The lowest BCUT2D eigenvalue weighted by atomic mass is 9.99. The number of fused-ring (bicyclic) bond motifs is 1. The van der Waals surface area contributed by atoms with Gasteiger partial charge in [0.1, 0.15) is 11.6 Å². The molecule has 0 aliphatic carbocycles. The van der Waals surface area contributed by atoms with Gasteiger partial charge >= 0.3 is 0 Å². The smallest absolute Gasteiger partial charge is 0.254 e. The summed E-state index contributed by atoms with van der Waals surface area (Å²) in [6, 6.07) is 11.5. The summed E-state index contributed by atoms with van der Waals surface area (Å²) in [5.74, 6) is -2.05. The third-order valence-corrected chi connectivity index (χ3v) is 4.52. The molecular weight excluding hydrogens is 310 g/mol. The Balaban J connectivity index is 1.58. The van der Waals surface area contributed by atoms with E-state index in [2.05, 4.69) is 28.4 Å². The lowest BCUT2D eigenvalue weighted by molar-refractivity contribution is 0.0928. The topological polar surface area (TPSA) is 32.3 Å². The van der Waals surface area contributed by atoms with Gasteiger partial charge < -0.3 is 5.32 Å². The number of hydrogen-bond donors (Lipinski definition) is 1. The minimum absolute atomic E-state index is 0.130. The van der Waals surface area contributed by atoms with Gasteiger partial charge in [-0.3, -0.25) is 9.69 Å². The van der Waals surface area contributed by atoms with E-state index in [1.165, 1.54) is 17.2 Å². The van der Waals surface area contributed by atoms with Crippen molar-refractivity contribution in [2.24, 2.45) is 0 Å². The summed E-state index contributed by atoms with van der Waals surface area (Å²) < 4.78 is 26.5. The molecule has 0 saturated carbocycles. The van der Waals surface area contributed by atoms with E-state index in [-0.39, 0.29) is 11.6 Å². The van der Waals surface area contributed by atoms with Crippen LogP contribution in [0, 0.1) is 11.6 Å². The molecule has 1 N–H and O–H groups in total. The van der Waals surface area contributed by atoms with Crippen molar-refractivity contribution in [1.29, 1.82) is 0 Å². The third-order valence-electron chi connectivity index (χ3n) is 4.52. The number of halogens is 2. The van der Waals surface area contributed by atoms with Crippen molar-refractivity contribution in [1.82, 2.24) is 10.2 Å². The molecule has 0 spiro atoms. The molecule has 1 aliphatic heterocycles. The summed E-state index contributed by atoms with van der Waals surface area (Å²) in [7, 11) is 0. The summed E-state index contributed by atoms with van der Waals surface area (Å²) >= 11 is 0. The van der Waals surface area contributed by atoms with Gasteiger partial charge in [-0.15, -0.1) is 0 Å². The second kappa shape index (κ2) is 7.09. The standard InChI is InChI=1S/C19H20F2N2O/c1-13(23-9-8-14-4-2-3-5-15(14)12-23)11-22-19(24)17-7-6-16(20)10-18(17)21/h2-7,10,13H,8-9,11-12H2,1H3,(H,22,24). The first-order valence-corrected chi connectivity index (χ1v) is 8.08. The van der Waals surface area contributed by atoms with E-state index in [1.807, 2.05) is 13.0 Å². The third kappa shape index (κ3) is 3.62. The molecule has 2 aromatic carbocycles. The van der Waals surface area contributed by atoms with Crippen LogP contribution in [0.5, 0.6) is 0 Å². The molecule has 3 nitrogen and oxygen atoms in total. The van der Waals surface area contributed by atoms with Crippen LogP contribution in [0.3, 0.4) is 0 Å². The van der Waals surface area contributed by atoms with Crippen LogP contribution >= 0.6 is 0 Å². The molecular formula is C19H20F2N2O. The Hall–Kier alpha value is -2.27. The fourth-order valence-electron chi connectivity index (χ4n) is 3.03. The molecule has 126 valence electrons. The molecule has 1 unspecified atom stereocenters. The van der Waals surface area contributed by atoms with Crippen LogP contribution in [-0.2, 0) is 13.0 Å². The second-order valence-electron chi connectivity index (χ2n) is 6.17. The highest BCUT2D eigenvalue weighted by Crippen LogP contribution is 2.20. The molecule has 0 bridgehead atoms. The number of nitrogens with one attached hydrogen (secondary N) is 1. The van der Waals surface area contributed by atoms with Crippen LogP contribution in [0.25, 0.3) is 0 Å². The van der Waals surface area contributed by atoms with Crippen molar-refractivity contribution < 1.29 is 13.6 Å². The summed E-state index contributed by atoms with van der Waals surface area (Å²) in [5, 5.41) is 2.74. The maximum atomic E-state index is 13.6. The molecule has 3 rings (SSSR count). The zero-order valence-electron chi connectivity index (χ0n) is 13.6. The van der Waals surface area contributed by atoms with Crippen LogP contribution in [0.4, 0.5) is 8.78 Å². The minimum atomic E-state index is -0.841. The molecule has 1 amide bonds. The second-order valence-corrected chi connectivity index (χ2v) is 6.17. The largest absolute Gasteiger partial charge is 0.350 e. The number of amides is 1. The molecule has 0 saturated heterocycles. The van der Waals surface area contributed by atoms with Gasteiger partial charge in [0, 0.05) is 31.7 Å². The summed E-state index contributed by atoms with van der Waals surface area (Å²) in [6.07, 6.45) is 0.987. The summed E-state index contributed by atoms with van der Waals surface area (Å²) in [4.78, 5) is 14.4. The maximum Gasteiger partial charge on any atom is 0.254 e. The minimum Gasteiger partial charge on any atom is -0.350 e. The van der Waals surface area contributed by atoms with E-state index in [1.54, 1.807) is 0 Å². The predicted octanol–water partition coefficient (Wildman–Crippen LogP) is 3.14. The van der Waals surface area contributed by atoms with Crippen LogP contribution < -0.4 is 5.32 Å². The summed E-state index contributed by atoms with van der Waals surface area (Å²) in [6.45, 7) is 4.23. The van der Waals surface area contributed by atoms with Crippen LogP contribution in [-0.4, -0.2) is 29.9 Å². The highest BCUT2D eigenvalue weighted by Gasteiger charge is 2.21. The van der Waals surface area contributed by atoms with Gasteiger partial charge in [-0.2, -0.15) is 0 Å². The van der Waals surface area contributed by atoms with Crippen LogP contribution in [0.1, 0.15) is 28.4 Å². The molecule has 1 aliphatic rings. The number of hydrogen-bond acceptors (Lipinski definition) is 2. The Morgan fingerprint density at radius 1 is 1.21 bits per heavy atom. The Morgan fingerprint density at radius 3 is 2.71 bits per heavy atom. The first kappa shape index (κ1) is 16.6. The van der Waals surface area contributed by atoms with Gasteiger partial charge in [-0.1, -0.05) is 24.3 Å². The molecule has 0 radical (unpaired) electrons. The van der Waals surface area contributed by atoms with Crippen LogP contribution in [0.15, 0.2) is 42.5 Å². The SMILES string of the molecule is CC(CNC(=O)c1ccc(F)cc1F)N1CCc2ccccc2C1. The Bertz CT molecular complexity index is 748. The molecule has 2 aromatic rings. The maximum absolute atomic E-state index is 13.6. The highest BCUT2D eigenvalue weighted by atomic mass is 19.1. The molecule has 1 atom stereocenters. The lowest BCUT2D eigenvalue weighted by Crippen LogP contribution is -2.44. The van der Waals surface area contributed by atoms with Gasteiger partial charge in [-0.05, 0) is 36.6 Å². The predicted molar refractivity (Wildman–Crippen MR) is 88.7 cm³/mol. The molecule has 0 aromatic heterocycles. The van der Waals surface area contributed by atoms with Crippen molar-refractivity contribution in [3.63, 3.8) is 0 Å². The number of nitrogens with zero attached hydrogens (tertiary/aromatic N) is 1. The van der Waals surface area contributed by atoms with Crippen molar-refractivity contribution in [3.8, 4) is 0 Å². The Kier molecular flexibility index (Phi) is 4.90. The highest BCUT2D eigenvalue weighted by molar-refractivity contribution is 5.94. The van der Waals surface area contributed by atoms with Gasteiger partial charge in [0.15, 0.2) is 0 Å². The van der Waals surface area contributed by atoms with Gasteiger partial charge in [-0.25, -0.2) is 8.78 Å². The molecule has 24 heavy (non-hydrogen) atoms. The average Bonchev–Trinajstić information content (AvgIpc) is 2.59. The number of carbonyl (C=O) groups excluding carboxylic acids is 1. The lowest BCUT2D eigenvalue weighted by Gasteiger charge is -2.33. The first-order valence-electron chi connectivity index (χ1n) is 8.08. The molecule has 0 fully saturated rings. The van der Waals surface area contributed by atoms with Crippen LogP contribution in [0.2, 0.25) is 0 Å². The van der Waals surface area contributed by atoms with Gasteiger partial charge in [0.2, 0.25) is 0 Å². The normalized spacial score (nSPS) is 15.6. The fourth-order valence-corrected chi connectivity index (χ4v) is 3.03. The Labute approximate surface area is 140 Å². The van der Waals surface area contributed by atoms with Gasteiger partial charge in [0.25, 0.3) is 5.91 Å². The van der Waals surface area contributed by atoms with E-state index in [4.69, 9.17) is 0 Å². The van der Waals surface area contributed by atoms with E-state index < -0.39 is 17.5 Å². The quantitative estimate of drug-likeness (QED) is 0.934. The molecule has 5 heteroatoms. The fraction of sp³-hybridized carbons (Fsp3) is 0.316. The van der Waals surface area contributed by atoms with Crippen molar-refractivity contribution in [2.45, 2.75) is 25.9 Å². The first-order chi connectivity index (χ1) is 11.5. The Morgan fingerprint density at radius 2 is 1.96 bits per heavy atom. The van der Waals surface area contributed by atoms with E-state index in [0.717, 1.165) is 31.6 Å². The monoisotopic (exact) mass is 330 g/mol. The number of rotatable bonds is 4. The van der Waals surface area contributed by atoms with Crippen molar-refractivity contribution >= 4 is 5.91 Å². The number of benzene rings is 2. The van der Waals surface area contributed by atoms with Crippen molar-refractivity contribution in [3.05, 3.63) is 70.8 Å². The van der Waals surface area contributed by atoms with Gasteiger partial charge in [0.05, 0.1) is 5.56 Å². The van der Waals surface area contributed by atoms with E-state index in [9.17, 15) is 13.6 Å². The zero-order valence-corrected chi connectivity index (χ0v) is 13.6. The van der Waals surface area contributed by atoms with Crippen molar-refractivity contribution in [2.75, 3.05) is 13.1 Å².